The highest BCUT2D eigenvalue weighted by Gasteiger charge is 2.08. The van der Waals surface area contributed by atoms with Crippen LogP contribution in [0.4, 0.5) is 11.4 Å². The summed E-state index contributed by atoms with van der Waals surface area (Å²) in [6.45, 7) is 3.78. The zero-order valence-corrected chi connectivity index (χ0v) is 12.3. The van der Waals surface area contributed by atoms with E-state index in [1.807, 2.05) is 42.5 Å². The van der Waals surface area contributed by atoms with Gasteiger partial charge in [-0.05, 0) is 42.3 Å². The van der Waals surface area contributed by atoms with E-state index < -0.39 is 5.91 Å². The second kappa shape index (κ2) is 6.79. The van der Waals surface area contributed by atoms with Gasteiger partial charge in [0, 0.05) is 30.0 Å². The Hall–Kier alpha value is -2.49. The Kier molecular flexibility index (Phi) is 4.82. The molecule has 4 nitrogen and oxygen atoms in total. The first-order chi connectivity index (χ1) is 10.1. The lowest BCUT2D eigenvalue weighted by Gasteiger charge is -2.25. The molecule has 0 saturated carbocycles. The number of nitrogen functional groups attached to an aromatic ring is 1. The molecule has 0 aliphatic heterocycles. The van der Waals surface area contributed by atoms with Crippen molar-refractivity contribution in [2.45, 2.75) is 19.9 Å². The summed E-state index contributed by atoms with van der Waals surface area (Å²) in [5.74, 6) is -0.400. The van der Waals surface area contributed by atoms with E-state index in [9.17, 15) is 4.79 Å². The predicted molar refractivity (Wildman–Crippen MR) is 87.2 cm³/mol. The predicted octanol–water partition coefficient (Wildman–Crippen LogP) is 2.78. The van der Waals surface area contributed by atoms with Gasteiger partial charge in [-0.2, -0.15) is 0 Å². The molecule has 2 rings (SSSR count). The molecule has 0 aliphatic rings. The van der Waals surface area contributed by atoms with Crippen molar-refractivity contribution in [1.82, 2.24) is 0 Å². The molecular formula is C17H21N3O. The van der Waals surface area contributed by atoms with Gasteiger partial charge in [0.25, 0.3) is 0 Å². The fourth-order valence-electron chi connectivity index (χ4n) is 2.33. The molecule has 0 unspecified atom stereocenters. The van der Waals surface area contributed by atoms with Gasteiger partial charge in [-0.15, -0.1) is 0 Å². The van der Waals surface area contributed by atoms with Gasteiger partial charge in [-0.25, -0.2) is 0 Å². The van der Waals surface area contributed by atoms with Crippen LogP contribution < -0.4 is 16.4 Å². The molecule has 2 aromatic rings. The minimum absolute atomic E-state index is 0.400. The van der Waals surface area contributed by atoms with Crippen LogP contribution in [0, 0.1) is 0 Å². The number of hydrogen-bond donors (Lipinski definition) is 2. The van der Waals surface area contributed by atoms with E-state index in [2.05, 4.69) is 11.8 Å². The first-order valence-corrected chi connectivity index (χ1v) is 7.09. The van der Waals surface area contributed by atoms with Crippen LogP contribution in [0.15, 0.2) is 48.5 Å². The Morgan fingerprint density at radius 1 is 1.14 bits per heavy atom. The average Bonchev–Trinajstić information content (AvgIpc) is 2.47. The second-order valence-electron chi connectivity index (χ2n) is 5.08. The molecule has 0 aliphatic carbocycles. The zero-order chi connectivity index (χ0) is 15.2. The maximum Gasteiger partial charge on any atom is 0.248 e. The van der Waals surface area contributed by atoms with Gasteiger partial charge in [-0.1, -0.05) is 25.1 Å². The van der Waals surface area contributed by atoms with E-state index in [0.29, 0.717) is 5.56 Å². The SMILES string of the molecule is CCCN(Cc1cccc(C(N)=O)c1)c1cccc(N)c1. The van der Waals surface area contributed by atoms with Crippen LogP contribution in [0.1, 0.15) is 29.3 Å². The van der Waals surface area contributed by atoms with Gasteiger partial charge < -0.3 is 16.4 Å². The van der Waals surface area contributed by atoms with Crippen molar-refractivity contribution in [3.63, 3.8) is 0 Å². The molecule has 4 N–H and O–H groups in total. The molecule has 0 atom stereocenters. The van der Waals surface area contributed by atoms with Crippen molar-refractivity contribution in [2.75, 3.05) is 17.2 Å². The minimum atomic E-state index is -0.400. The van der Waals surface area contributed by atoms with E-state index >= 15 is 0 Å². The van der Waals surface area contributed by atoms with Gasteiger partial charge >= 0.3 is 0 Å². The number of primary amides is 1. The molecule has 0 saturated heterocycles. The van der Waals surface area contributed by atoms with E-state index in [0.717, 1.165) is 36.4 Å². The topological polar surface area (TPSA) is 72.3 Å². The summed E-state index contributed by atoms with van der Waals surface area (Å²) in [5.41, 5.74) is 14.6. The molecule has 21 heavy (non-hydrogen) atoms. The van der Waals surface area contributed by atoms with E-state index in [1.165, 1.54) is 0 Å². The summed E-state index contributed by atoms with van der Waals surface area (Å²) in [7, 11) is 0. The number of anilines is 2. The van der Waals surface area contributed by atoms with Gasteiger partial charge in [0.05, 0.1) is 0 Å². The number of hydrogen-bond acceptors (Lipinski definition) is 3. The standard InChI is InChI=1S/C17H21N3O/c1-2-9-20(16-8-4-7-15(18)11-16)12-13-5-3-6-14(10-13)17(19)21/h3-8,10-11H,2,9,12,18H2,1H3,(H2,19,21). The van der Waals surface area contributed by atoms with E-state index in [1.54, 1.807) is 6.07 Å². The van der Waals surface area contributed by atoms with Crippen molar-refractivity contribution in [3.05, 3.63) is 59.7 Å². The lowest BCUT2D eigenvalue weighted by Crippen LogP contribution is -2.23. The number of benzene rings is 2. The Bertz CT molecular complexity index is 625. The van der Waals surface area contributed by atoms with Crippen molar-refractivity contribution in [1.29, 1.82) is 0 Å². The van der Waals surface area contributed by atoms with Crippen LogP contribution in [0.3, 0.4) is 0 Å². The quantitative estimate of drug-likeness (QED) is 0.801. The molecule has 4 heteroatoms. The van der Waals surface area contributed by atoms with Gasteiger partial charge in [-0.3, -0.25) is 4.79 Å². The number of rotatable bonds is 6. The highest BCUT2D eigenvalue weighted by atomic mass is 16.1. The van der Waals surface area contributed by atoms with Crippen LogP contribution in [0.5, 0.6) is 0 Å². The molecule has 2 aromatic carbocycles. The summed E-state index contributed by atoms with van der Waals surface area (Å²) in [6, 6.07) is 15.3. The average molecular weight is 283 g/mol. The Morgan fingerprint density at radius 2 is 1.90 bits per heavy atom. The van der Waals surface area contributed by atoms with Crippen molar-refractivity contribution < 1.29 is 4.79 Å². The largest absolute Gasteiger partial charge is 0.399 e. The van der Waals surface area contributed by atoms with Crippen molar-refractivity contribution in [2.24, 2.45) is 5.73 Å². The molecule has 110 valence electrons. The van der Waals surface area contributed by atoms with Crippen molar-refractivity contribution in [3.8, 4) is 0 Å². The van der Waals surface area contributed by atoms with E-state index in [-0.39, 0.29) is 0 Å². The highest BCUT2D eigenvalue weighted by Crippen LogP contribution is 2.20. The summed E-state index contributed by atoms with van der Waals surface area (Å²) < 4.78 is 0. The first-order valence-electron chi connectivity index (χ1n) is 7.09. The Balaban J connectivity index is 2.24. The lowest BCUT2D eigenvalue weighted by molar-refractivity contribution is 0.1000. The molecule has 0 spiro atoms. The number of nitrogens with two attached hydrogens (primary N) is 2. The summed E-state index contributed by atoms with van der Waals surface area (Å²) >= 11 is 0. The maximum atomic E-state index is 11.3. The van der Waals surface area contributed by atoms with Crippen molar-refractivity contribution >= 4 is 17.3 Å². The fraction of sp³-hybridized carbons (Fsp3) is 0.235. The van der Waals surface area contributed by atoms with Gasteiger partial charge in [0.2, 0.25) is 5.91 Å². The maximum absolute atomic E-state index is 11.3. The normalized spacial score (nSPS) is 10.3. The third kappa shape index (κ3) is 3.99. The minimum Gasteiger partial charge on any atom is -0.399 e. The zero-order valence-electron chi connectivity index (χ0n) is 12.3. The molecular weight excluding hydrogens is 262 g/mol. The highest BCUT2D eigenvalue weighted by molar-refractivity contribution is 5.92. The molecule has 0 aromatic heterocycles. The Morgan fingerprint density at radius 3 is 2.57 bits per heavy atom. The molecule has 0 fully saturated rings. The molecule has 0 heterocycles. The van der Waals surface area contributed by atoms with Crippen LogP contribution in [-0.2, 0) is 6.54 Å². The van der Waals surface area contributed by atoms with Crippen LogP contribution in [0.2, 0.25) is 0 Å². The molecule has 0 bridgehead atoms. The Labute approximate surface area is 125 Å². The monoisotopic (exact) mass is 283 g/mol. The van der Waals surface area contributed by atoms with Crippen LogP contribution >= 0.6 is 0 Å². The molecule has 0 radical (unpaired) electrons. The van der Waals surface area contributed by atoms with Crippen LogP contribution in [0.25, 0.3) is 0 Å². The number of amides is 1. The third-order valence-corrected chi connectivity index (χ3v) is 3.31. The van der Waals surface area contributed by atoms with Gasteiger partial charge in [0.15, 0.2) is 0 Å². The summed E-state index contributed by atoms with van der Waals surface area (Å²) in [6.07, 6.45) is 1.03. The fourth-order valence-corrected chi connectivity index (χ4v) is 2.33. The second-order valence-corrected chi connectivity index (χ2v) is 5.08. The van der Waals surface area contributed by atoms with Gasteiger partial charge in [0.1, 0.15) is 0 Å². The third-order valence-electron chi connectivity index (χ3n) is 3.31. The molecule has 1 amide bonds. The first kappa shape index (κ1) is 14.9. The summed E-state index contributed by atoms with van der Waals surface area (Å²) in [5, 5.41) is 0. The van der Waals surface area contributed by atoms with E-state index in [4.69, 9.17) is 11.5 Å². The smallest absolute Gasteiger partial charge is 0.248 e. The number of carbonyl (C=O) groups is 1. The summed E-state index contributed by atoms with van der Waals surface area (Å²) in [4.78, 5) is 13.5. The number of nitrogens with zero attached hydrogens (tertiary/aromatic N) is 1. The lowest BCUT2D eigenvalue weighted by atomic mass is 10.1. The van der Waals surface area contributed by atoms with Crippen LogP contribution in [-0.4, -0.2) is 12.5 Å². The number of carbonyl (C=O) groups excluding carboxylic acids is 1.